The number of anilines is 1. The van der Waals surface area contributed by atoms with Crippen LogP contribution in [0.2, 0.25) is 0 Å². The van der Waals surface area contributed by atoms with Crippen LogP contribution in [-0.4, -0.2) is 71.5 Å². The fourth-order valence-electron chi connectivity index (χ4n) is 3.54. The average Bonchev–Trinajstić information content (AvgIpc) is 3.21. The third-order valence-corrected chi connectivity index (χ3v) is 6.78. The fraction of sp³-hybridized carbons (Fsp3) is 0.607. The number of hydrogen-bond donors (Lipinski definition) is 2. The number of hydrogen-bond acceptors (Lipinski definition) is 10. The largest absolute Gasteiger partial charge is 0.465 e. The standard InChI is InChI=1S/C28H41FN4O8S/c1-10-38-23(34)21(16(2)3)42-22(31-32-25(36)41-28(7,8)9)19-12-11-17(13-20(19)29)33-15-18(39-26(33)37)14-30-24(35)40-27(4,5)6/h11-13,16,18,21H,10,14-15H2,1-9H3,(H,30,35)(H,32,36)/t18-,21?/m0/s1. The average molecular weight is 613 g/mol. The minimum absolute atomic E-state index is 0.0000907. The first-order valence-electron chi connectivity index (χ1n) is 13.5. The van der Waals surface area contributed by atoms with Crippen molar-refractivity contribution in [2.24, 2.45) is 11.0 Å². The van der Waals surface area contributed by atoms with Crippen molar-refractivity contribution in [3.63, 3.8) is 0 Å². The number of halogens is 1. The van der Waals surface area contributed by atoms with Crippen LogP contribution in [-0.2, 0) is 23.7 Å². The number of ether oxygens (including phenoxy) is 4. The molecular formula is C28H41FN4O8S. The zero-order valence-electron chi connectivity index (χ0n) is 25.5. The summed E-state index contributed by atoms with van der Waals surface area (Å²) >= 11 is 0.933. The molecule has 0 saturated carbocycles. The van der Waals surface area contributed by atoms with Gasteiger partial charge in [0.1, 0.15) is 33.4 Å². The second kappa shape index (κ2) is 14.6. The molecule has 1 saturated heterocycles. The monoisotopic (exact) mass is 612 g/mol. The van der Waals surface area contributed by atoms with E-state index in [-0.39, 0.29) is 41.9 Å². The number of carbonyl (C=O) groups is 4. The van der Waals surface area contributed by atoms with E-state index < -0.39 is 52.6 Å². The molecule has 3 amide bonds. The van der Waals surface area contributed by atoms with E-state index in [1.807, 2.05) is 0 Å². The summed E-state index contributed by atoms with van der Waals surface area (Å²) in [6.07, 6.45) is -2.91. The van der Waals surface area contributed by atoms with Gasteiger partial charge in [0.25, 0.3) is 0 Å². The highest BCUT2D eigenvalue weighted by Crippen LogP contribution is 2.30. The van der Waals surface area contributed by atoms with Gasteiger partial charge in [-0.05, 0) is 72.6 Å². The zero-order valence-corrected chi connectivity index (χ0v) is 26.3. The quantitative estimate of drug-likeness (QED) is 0.127. The van der Waals surface area contributed by atoms with Gasteiger partial charge in [0.15, 0.2) is 0 Å². The van der Waals surface area contributed by atoms with E-state index in [2.05, 4.69) is 15.8 Å². The maximum atomic E-state index is 15.6. The number of amides is 3. The van der Waals surface area contributed by atoms with Gasteiger partial charge in [-0.2, -0.15) is 5.10 Å². The molecule has 0 bridgehead atoms. The van der Waals surface area contributed by atoms with Gasteiger partial charge in [0.05, 0.1) is 25.4 Å². The lowest BCUT2D eigenvalue weighted by Gasteiger charge is -2.21. The number of hydrazone groups is 1. The Bertz CT molecular complexity index is 1180. The molecular weight excluding hydrogens is 571 g/mol. The van der Waals surface area contributed by atoms with Crippen LogP contribution in [0.1, 0.15) is 67.9 Å². The minimum atomic E-state index is -0.860. The molecule has 1 aliphatic heterocycles. The van der Waals surface area contributed by atoms with Crippen LogP contribution in [0.15, 0.2) is 23.3 Å². The van der Waals surface area contributed by atoms with Crippen LogP contribution in [0.25, 0.3) is 0 Å². The number of alkyl carbamates (subject to hydrolysis) is 1. The molecule has 12 nitrogen and oxygen atoms in total. The second-order valence-electron chi connectivity index (χ2n) is 11.7. The van der Waals surface area contributed by atoms with E-state index in [9.17, 15) is 19.2 Å². The van der Waals surface area contributed by atoms with Crippen molar-refractivity contribution in [1.29, 1.82) is 0 Å². The van der Waals surface area contributed by atoms with Gasteiger partial charge in [-0.15, -0.1) is 0 Å². The Hall–Kier alpha value is -3.55. The van der Waals surface area contributed by atoms with Crippen LogP contribution in [0.4, 0.5) is 24.5 Å². The van der Waals surface area contributed by atoms with Crippen LogP contribution in [0.5, 0.6) is 0 Å². The first kappa shape index (κ1) is 34.7. The Labute approximate surface area is 250 Å². The smallest absolute Gasteiger partial charge is 0.428 e. The molecule has 0 aliphatic carbocycles. The normalized spacial score (nSPS) is 16.5. The van der Waals surface area contributed by atoms with Crippen LogP contribution in [0.3, 0.4) is 0 Å². The lowest BCUT2D eigenvalue weighted by Crippen LogP contribution is -2.38. The molecule has 1 fully saturated rings. The Morgan fingerprint density at radius 3 is 2.29 bits per heavy atom. The van der Waals surface area contributed by atoms with E-state index in [1.165, 1.54) is 17.0 Å². The highest BCUT2D eigenvalue weighted by atomic mass is 32.2. The number of nitrogens with zero attached hydrogens (tertiary/aromatic N) is 2. The Morgan fingerprint density at radius 1 is 1.12 bits per heavy atom. The zero-order chi connectivity index (χ0) is 31.8. The molecule has 0 spiro atoms. The third-order valence-electron chi connectivity index (χ3n) is 5.25. The van der Waals surface area contributed by atoms with Gasteiger partial charge in [0, 0.05) is 5.56 Å². The Kier molecular flexibility index (Phi) is 12.0. The topological polar surface area (TPSA) is 145 Å². The number of nitrogens with one attached hydrogen (secondary N) is 2. The van der Waals surface area contributed by atoms with Gasteiger partial charge in [-0.3, -0.25) is 9.69 Å². The minimum Gasteiger partial charge on any atom is -0.465 e. The maximum absolute atomic E-state index is 15.6. The summed E-state index contributed by atoms with van der Waals surface area (Å²) in [5.41, 5.74) is 0.960. The molecule has 2 atom stereocenters. The molecule has 2 rings (SSSR count). The van der Waals surface area contributed by atoms with Gasteiger partial charge in [0.2, 0.25) is 0 Å². The molecule has 1 aromatic carbocycles. The lowest BCUT2D eigenvalue weighted by atomic mass is 10.1. The molecule has 0 radical (unpaired) electrons. The maximum Gasteiger partial charge on any atom is 0.428 e. The lowest BCUT2D eigenvalue weighted by molar-refractivity contribution is -0.143. The van der Waals surface area contributed by atoms with Crippen molar-refractivity contribution in [3.05, 3.63) is 29.6 Å². The second-order valence-corrected chi connectivity index (χ2v) is 12.9. The van der Waals surface area contributed by atoms with Crippen LogP contribution < -0.4 is 15.6 Å². The molecule has 2 N–H and O–H groups in total. The first-order valence-corrected chi connectivity index (χ1v) is 14.4. The van der Waals surface area contributed by atoms with E-state index in [0.717, 1.165) is 17.8 Å². The summed E-state index contributed by atoms with van der Waals surface area (Å²) in [7, 11) is 0. The number of benzene rings is 1. The summed E-state index contributed by atoms with van der Waals surface area (Å²) < 4.78 is 36.5. The summed E-state index contributed by atoms with van der Waals surface area (Å²) in [5, 5.41) is 5.87. The van der Waals surface area contributed by atoms with Gasteiger partial charge >= 0.3 is 24.2 Å². The van der Waals surface area contributed by atoms with Gasteiger partial charge in [-0.25, -0.2) is 24.2 Å². The highest BCUT2D eigenvalue weighted by Gasteiger charge is 2.34. The van der Waals surface area contributed by atoms with Crippen molar-refractivity contribution in [2.45, 2.75) is 84.9 Å². The number of rotatable bonds is 9. The number of thioether (sulfide) groups is 1. The third kappa shape index (κ3) is 11.0. The molecule has 1 unspecified atom stereocenters. The molecule has 234 valence electrons. The van der Waals surface area contributed by atoms with Crippen molar-refractivity contribution in [1.82, 2.24) is 10.7 Å². The van der Waals surface area contributed by atoms with Gasteiger partial charge in [-0.1, -0.05) is 25.6 Å². The van der Waals surface area contributed by atoms with E-state index >= 15 is 4.39 Å². The molecule has 14 heteroatoms. The number of esters is 1. The number of carbonyl (C=O) groups excluding carboxylic acids is 4. The number of cyclic esters (lactones) is 1. The van der Waals surface area contributed by atoms with Crippen LogP contribution >= 0.6 is 11.8 Å². The SMILES string of the molecule is CCOC(=O)C(SC(=NNC(=O)OC(C)(C)C)c1ccc(N2C[C@H](CNC(=O)OC(C)(C)C)OC2=O)cc1F)C(C)C. The van der Waals surface area contributed by atoms with Gasteiger partial charge < -0.3 is 24.3 Å². The molecule has 42 heavy (non-hydrogen) atoms. The molecule has 1 heterocycles. The predicted molar refractivity (Wildman–Crippen MR) is 157 cm³/mol. The summed E-state index contributed by atoms with van der Waals surface area (Å²) in [6, 6.07) is 4.00. The summed E-state index contributed by atoms with van der Waals surface area (Å²) in [4.78, 5) is 50.6. The Morgan fingerprint density at radius 2 is 1.74 bits per heavy atom. The van der Waals surface area contributed by atoms with Crippen molar-refractivity contribution < 1.29 is 42.5 Å². The molecule has 0 aromatic heterocycles. The van der Waals surface area contributed by atoms with Crippen molar-refractivity contribution in [3.8, 4) is 0 Å². The summed E-state index contributed by atoms with van der Waals surface area (Å²) in [6.45, 7) is 15.7. The van der Waals surface area contributed by atoms with Crippen molar-refractivity contribution in [2.75, 3.05) is 24.6 Å². The van der Waals surface area contributed by atoms with E-state index in [0.29, 0.717) is 0 Å². The van der Waals surface area contributed by atoms with E-state index in [1.54, 1.807) is 62.3 Å². The van der Waals surface area contributed by atoms with Crippen molar-refractivity contribution >= 4 is 46.7 Å². The molecule has 1 aromatic rings. The first-order chi connectivity index (χ1) is 19.4. The highest BCUT2D eigenvalue weighted by molar-refractivity contribution is 8.15. The van der Waals surface area contributed by atoms with Crippen LogP contribution in [0, 0.1) is 11.7 Å². The fourth-order valence-corrected chi connectivity index (χ4v) is 4.61. The Balaban J connectivity index is 2.28. The molecule has 1 aliphatic rings. The van der Waals surface area contributed by atoms with E-state index in [4.69, 9.17) is 18.9 Å². The predicted octanol–water partition coefficient (Wildman–Crippen LogP) is 5.18. The summed E-state index contributed by atoms with van der Waals surface area (Å²) in [5.74, 6) is -1.49.